The lowest BCUT2D eigenvalue weighted by Crippen LogP contribution is -2.45. The van der Waals surface area contributed by atoms with Crippen LogP contribution in [0.2, 0.25) is 0 Å². The summed E-state index contributed by atoms with van der Waals surface area (Å²) in [4.78, 5) is 32.3. The van der Waals surface area contributed by atoms with Crippen LogP contribution in [0.4, 0.5) is 5.69 Å². The van der Waals surface area contributed by atoms with Gasteiger partial charge in [0, 0.05) is 42.1 Å². The van der Waals surface area contributed by atoms with Crippen molar-refractivity contribution in [2.24, 2.45) is 11.7 Å². The standard InChI is InChI=1S/C32H38N4O2S/c33-32(14-3-15-32)25-9-7-23(8-10-25)31-28(24-13-17-39-21-24)19-26(20-34-31)35-29(37)18-22-5-11-27(12-6-22)36-16-2-1-4-30(36)38/h7-10,13,17,19-22,27H,1-6,11-12,14-16,18,33H2,(H,35,37). The molecule has 3 aliphatic rings. The maximum Gasteiger partial charge on any atom is 0.224 e. The molecule has 0 unspecified atom stereocenters. The average molecular weight is 543 g/mol. The first kappa shape index (κ1) is 26.2. The van der Waals surface area contributed by atoms with Gasteiger partial charge < -0.3 is 16.0 Å². The first-order valence-electron chi connectivity index (χ1n) is 14.5. The van der Waals surface area contributed by atoms with E-state index in [1.807, 2.05) is 6.07 Å². The van der Waals surface area contributed by atoms with Crippen LogP contribution in [0.5, 0.6) is 0 Å². The Morgan fingerprint density at radius 1 is 1.05 bits per heavy atom. The molecular weight excluding hydrogens is 504 g/mol. The van der Waals surface area contributed by atoms with Gasteiger partial charge in [-0.3, -0.25) is 14.6 Å². The molecule has 2 saturated carbocycles. The molecule has 39 heavy (non-hydrogen) atoms. The number of aromatic nitrogens is 1. The molecule has 7 heteroatoms. The summed E-state index contributed by atoms with van der Waals surface area (Å²) in [7, 11) is 0. The number of hydrogen-bond acceptors (Lipinski definition) is 5. The number of hydrogen-bond donors (Lipinski definition) is 2. The lowest BCUT2D eigenvalue weighted by Gasteiger charge is -2.38. The summed E-state index contributed by atoms with van der Waals surface area (Å²) in [6.07, 6.45) is 12.4. The topological polar surface area (TPSA) is 88.3 Å². The molecule has 1 saturated heterocycles. The van der Waals surface area contributed by atoms with E-state index >= 15 is 0 Å². The third kappa shape index (κ3) is 5.66. The Kier molecular flexibility index (Phi) is 7.54. The van der Waals surface area contributed by atoms with Gasteiger partial charge in [-0.1, -0.05) is 24.3 Å². The van der Waals surface area contributed by atoms with E-state index in [0.29, 0.717) is 30.7 Å². The lowest BCUT2D eigenvalue weighted by molar-refractivity contribution is -0.136. The summed E-state index contributed by atoms with van der Waals surface area (Å²) in [6.45, 7) is 0.905. The number of amides is 2. The highest BCUT2D eigenvalue weighted by Gasteiger charge is 2.34. The molecule has 0 radical (unpaired) electrons. The Bertz CT molecular complexity index is 1310. The van der Waals surface area contributed by atoms with Crippen LogP contribution in [-0.4, -0.2) is 34.3 Å². The minimum atomic E-state index is -0.180. The van der Waals surface area contributed by atoms with E-state index in [0.717, 1.165) is 86.0 Å². The van der Waals surface area contributed by atoms with E-state index in [1.165, 1.54) is 12.0 Å². The van der Waals surface area contributed by atoms with Crippen molar-refractivity contribution in [2.45, 2.75) is 82.2 Å². The molecule has 1 aliphatic heterocycles. The van der Waals surface area contributed by atoms with Crippen molar-refractivity contribution >= 4 is 28.8 Å². The first-order valence-corrected chi connectivity index (χ1v) is 15.4. The maximum absolute atomic E-state index is 13.0. The summed E-state index contributed by atoms with van der Waals surface area (Å²) in [5.41, 5.74) is 12.3. The van der Waals surface area contributed by atoms with Crippen molar-refractivity contribution in [1.82, 2.24) is 9.88 Å². The van der Waals surface area contributed by atoms with Crippen molar-refractivity contribution in [3.63, 3.8) is 0 Å². The highest BCUT2D eigenvalue weighted by molar-refractivity contribution is 7.08. The number of pyridine rings is 1. The fraction of sp³-hybridized carbons (Fsp3) is 0.469. The second kappa shape index (κ2) is 11.2. The zero-order valence-electron chi connectivity index (χ0n) is 22.5. The molecule has 0 bridgehead atoms. The number of benzene rings is 1. The molecule has 3 N–H and O–H groups in total. The highest BCUT2D eigenvalue weighted by atomic mass is 32.1. The predicted molar refractivity (Wildman–Crippen MR) is 157 cm³/mol. The van der Waals surface area contributed by atoms with Crippen LogP contribution in [0.1, 0.15) is 76.2 Å². The van der Waals surface area contributed by atoms with Crippen LogP contribution in [0, 0.1) is 5.92 Å². The summed E-state index contributed by atoms with van der Waals surface area (Å²) in [5.74, 6) is 0.721. The quantitative estimate of drug-likeness (QED) is 0.347. The van der Waals surface area contributed by atoms with Gasteiger partial charge in [0.2, 0.25) is 11.8 Å². The molecule has 6 nitrogen and oxygen atoms in total. The molecule has 0 spiro atoms. The Morgan fingerprint density at radius 3 is 2.51 bits per heavy atom. The number of carbonyl (C=O) groups is 2. The van der Waals surface area contributed by atoms with Crippen LogP contribution >= 0.6 is 11.3 Å². The molecule has 2 aromatic heterocycles. The molecule has 204 valence electrons. The molecule has 0 atom stereocenters. The molecule has 6 rings (SSSR count). The second-order valence-electron chi connectivity index (χ2n) is 11.7. The van der Waals surface area contributed by atoms with E-state index in [1.54, 1.807) is 17.5 Å². The van der Waals surface area contributed by atoms with Crippen LogP contribution in [0.3, 0.4) is 0 Å². The van der Waals surface area contributed by atoms with Crippen LogP contribution in [0.15, 0.2) is 53.4 Å². The van der Waals surface area contributed by atoms with Crippen molar-refractivity contribution in [3.05, 3.63) is 58.9 Å². The molecule has 3 heterocycles. The molecule has 3 aromatic rings. The highest BCUT2D eigenvalue weighted by Crippen LogP contribution is 2.40. The molecule has 2 amide bonds. The van der Waals surface area contributed by atoms with Crippen molar-refractivity contribution in [3.8, 4) is 22.4 Å². The number of carbonyl (C=O) groups excluding carboxylic acids is 2. The number of nitrogens with zero attached hydrogens (tertiary/aromatic N) is 2. The summed E-state index contributed by atoms with van der Waals surface area (Å²) in [6, 6.07) is 13.0. The Balaban J connectivity index is 1.12. The molecule has 2 aliphatic carbocycles. The molecule has 3 fully saturated rings. The molecular formula is C32H38N4O2S. The van der Waals surface area contributed by atoms with E-state index in [9.17, 15) is 9.59 Å². The van der Waals surface area contributed by atoms with E-state index in [-0.39, 0.29) is 11.4 Å². The van der Waals surface area contributed by atoms with Gasteiger partial charge in [-0.25, -0.2) is 0 Å². The summed E-state index contributed by atoms with van der Waals surface area (Å²) in [5, 5.41) is 7.30. The van der Waals surface area contributed by atoms with Crippen LogP contribution in [0.25, 0.3) is 22.4 Å². The molecule has 1 aromatic carbocycles. The average Bonchev–Trinajstić information content (AvgIpc) is 3.48. The largest absolute Gasteiger partial charge is 0.340 e. The van der Waals surface area contributed by atoms with Gasteiger partial charge in [0.05, 0.1) is 17.6 Å². The van der Waals surface area contributed by atoms with Crippen LogP contribution < -0.4 is 11.1 Å². The number of anilines is 1. The van der Waals surface area contributed by atoms with Gasteiger partial charge in [-0.15, -0.1) is 0 Å². The van der Waals surface area contributed by atoms with Gasteiger partial charge in [0.25, 0.3) is 0 Å². The fourth-order valence-electron chi connectivity index (χ4n) is 6.56. The lowest BCUT2D eigenvalue weighted by atomic mass is 9.72. The maximum atomic E-state index is 13.0. The third-order valence-electron chi connectivity index (χ3n) is 9.07. The van der Waals surface area contributed by atoms with Crippen molar-refractivity contribution in [1.29, 1.82) is 0 Å². The minimum absolute atomic E-state index is 0.0383. The van der Waals surface area contributed by atoms with Gasteiger partial charge in [0.1, 0.15) is 0 Å². The van der Waals surface area contributed by atoms with Crippen molar-refractivity contribution in [2.75, 3.05) is 11.9 Å². The SMILES string of the molecule is NC1(c2ccc(-c3ncc(NC(=O)CC4CCC(N5CCCCC5=O)CC4)cc3-c3ccsc3)cc2)CCC1. The van der Waals surface area contributed by atoms with Gasteiger partial charge in [-0.2, -0.15) is 11.3 Å². The van der Waals surface area contributed by atoms with Gasteiger partial charge in [0.15, 0.2) is 0 Å². The summed E-state index contributed by atoms with van der Waals surface area (Å²) < 4.78 is 0. The van der Waals surface area contributed by atoms with E-state index < -0.39 is 0 Å². The Hall–Kier alpha value is -3.03. The summed E-state index contributed by atoms with van der Waals surface area (Å²) >= 11 is 1.65. The number of nitrogens with one attached hydrogen (secondary N) is 1. The number of piperidine rings is 1. The zero-order chi connectivity index (χ0) is 26.8. The number of likely N-dealkylation sites (tertiary alicyclic amines) is 1. The number of rotatable bonds is 7. The zero-order valence-corrected chi connectivity index (χ0v) is 23.3. The second-order valence-corrected chi connectivity index (χ2v) is 12.5. The third-order valence-corrected chi connectivity index (χ3v) is 9.76. The Labute approximate surface area is 235 Å². The predicted octanol–water partition coefficient (Wildman–Crippen LogP) is 6.71. The fourth-order valence-corrected chi connectivity index (χ4v) is 7.21. The number of nitrogens with two attached hydrogens (primary N) is 1. The monoisotopic (exact) mass is 542 g/mol. The number of thiophene rings is 1. The minimum Gasteiger partial charge on any atom is -0.340 e. The van der Waals surface area contributed by atoms with Crippen LogP contribution in [-0.2, 0) is 15.1 Å². The van der Waals surface area contributed by atoms with E-state index in [2.05, 4.69) is 51.3 Å². The van der Waals surface area contributed by atoms with Gasteiger partial charge >= 0.3 is 0 Å². The van der Waals surface area contributed by atoms with Crippen molar-refractivity contribution < 1.29 is 9.59 Å². The Morgan fingerprint density at radius 2 is 1.85 bits per heavy atom. The van der Waals surface area contributed by atoms with E-state index in [4.69, 9.17) is 10.7 Å². The smallest absolute Gasteiger partial charge is 0.224 e. The first-order chi connectivity index (χ1) is 19.0. The van der Waals surface area contributed by atoms with Gasteiger partial charge in [-0.05, 0) is 97.7 Å². The normalized spacial score (nSPS) is 22.8.